The van der Waals surface area contributed by atoms with Crippen LogP contribution in [0.5, 0.6) is 5.75 Å². The van der Waals surface area contributed by atoms with Crippen LogP contribution in [0.15, 0.2) is 42.5 Å². The van der Waals surface area contributed by atoms with Crippen LogP contribution in [0.4, 0.5) is 11.4 Å². The van der Waals surface area contributed by atoms with Crippen molar-refractivity contribution in [3.05, 3.63) is 52.5 Å². The fraction of sp³-hybridized carbons (Fsp3) is 0.125. The summed E-state index contributed by atoms with van der Waals surface area (Å²) in [6.07, 6.45) is 0. The van der Waals surface area contributed by atoms with Crippen molar-refractivity contribution in [2.24, 2.45) is 0 Å². The van der Waals surface area contributed by atoms with E-state index < -0.39 is 11.8 Å². The standard InChI is InChI=1S/C16H14Cl2N2O3/c1-2-23-13-9-4-3-7-11(13)19-15(21)16(22)20-12-8-5-6-10(17)14(12)18/h3-9H,2H2,1H3,(H,19,21)(H,20,22). The molecule has 2 rings (SSSR count). The van der Waals surface area contributed by atoms with Gasteiger partial charge in [-0.25, -0.2) is 0 Å². The molecule has 7 heteroatoms. The molecular weight excluding hydrogens is 339 g/mol. The van der Waals surface area contributed by atoms with E-state index in [1.54, 1.807) is 42.5 Å². The molecule has 0 aliphatic rings. The summed E-state index contributed by atoms with van der Waals surface area (Å²) < 4.78 is 5.39. The number of para-hydroxylation sites is 2. The number of anilines is 2. The molecule has 5 nitrogen and oxygen atoms in total. The molecule has 2 aromatic carbocycles. The maximum Gasteiger partial charge on any atom is 0.314 e. The van der Waals surface area contributed by atoms with Crippen LogP contribution in [-0.2, 0) is 9.59 Å². The topological polar surface area (TPSA) is 67.4 Å². The Morgan fingerprint density at radius 1 is 0.957 bits per heavy atom. The van der Waals surface area contributed by atoms with Crippen LogP contribution in [-0.4, -0.2) is 18.4 Å². The highest BCUT2D eigenvalue weighted by atomic mass is 35.5. The van der Waals surface area contributed by atoms with E-state index in [9.17, 15) is 9.59 Å². The lowest BCUT2D eigenvalue weighted by Gasteiger charge is -2.11. The number of hydrogen-bond acceptors (Lipinski definition) is 3. The molecule has 0 unspecified atom stereocenters. The lowest BCUT2D eigenvalue weighted by molar-refractivity contribution is -0.133. The van der Waals surface area contributed by atoms with E-state index in [-0.39, 0.29) is 15.7 Å². The fourth-order valence-electron chi connectivity index (χ4n) is 1.81. The van der Waals surface area contributed by atoms with Crippen LogP contribution in [0.2, 0.25) is 10.0 Å². The van der Waals surface area contributed by atoms with Crippen LogP contribution >= 0.6 is 23.2 Å². The maximum absolute atomic E-state index is 12.0. The number of hydrogen-bond donors (Lipinski definition) is 2. The molecule has 0 fully saturated rings. The minimum atomic E-state index is -0.861. The van der Waals surface area contributed by atoms with Crippen molar-refractivity contribution in [2.45, 2.75) is 6.92 Å². The number of halogens is 2. The van der Waals surface area contributed by atoms with E-state index >= 15 is 0 Å². The van der Waals surface area contributed by atoms with Gasteiger partial charge in [0.1, 0.15) is 5.75 Å². The molecule has 2 aromatic rings. The van der Waals surface area contributed by atoms with Gasteiger partial charge in [-0.1, -0.05) is 41.4 Å². The smallest absolute Gasteiger partial charge is 0.314 e. The van der Waals surface area contributed by atoms with Crippen molar-refractivity contribution in [3.63, 3.8) is 0 Å². The first-order valence-electron chi connectivity index (χ1n) is 6.81. The zero-order valence-electron chi connectivity index (χ0n) is 12.2. The van der Waals surface area contributed by atoms with Gasteiger partial charge in [-0.3, -0.25) is 9.59 Å². The number of amides is 2. The van der Waals surface area contributed by atoms with Gasteiger partial charge in [0.25, 0.3) is 0 Å². The van der Waals surface area contributed by atoms with E-state index in [2.05, 4.69) is 10.6 Å². The molecular formula is C16H14Cl2N2O3. The van der Waals surface area contributed by atoms with Gasteiger partial charge >= 0.3 is 11.8 Å². The summed E-state index contributed by atoms with van der Waals surface area (Å²) in [5, 5.41) is 5.37. The molecule has 0 spiro atoms. The highest BCUT2D eigenvalue weighted by molar-refractivity contribution is 6.47. The van der Waals surface area contributed by atoms with Crippen molar-refractivity contribution in [1.29, 1.82) is 0 Å². The Labute approximate surface area is 143 Å². The van der Waals surface area contributed by atoms with Crippen LogP contribution in [0.3, 0.4) is 0 Å². The second-order valence-electron chi connectivity index (χ2n) is 4.44. The van der Waals surface area contributed by atoms with Crippen molar-refractivity contribution >= 4 is 46.4 Å². The van der Waals surface area contributed by atoms with E-state index in [4.69, 9.17) is 27.9 Å². The highest BCUT2D eigenvalue weighted by Gasteiger charge is 2.17. The lowest BCUT2D eigenvalue weighted by atomic mass is 10.3. The normalized spacial score (nSPS) is 10.0. The first kappa shape index (κ1) is 17.1. The zero-order chi connectivity index (χ0) is 16.8. The SMILES string of the molecule is CCOc1ccccc1NC(=O)C(=O)Nc1cccc(Cl)c1Cl. The number of ether oxygens (including phenoxy) is 1. The molecule has 0 aliphatic heterocycles. The van der Waals surface area contributed by atoms with E-state index in [1.807, 2.05) is 6.92 Å². The third kappa shape index (κ3) is 4.37. The number of benzene rings is 2. The summed E-state index contributed by atoms with van der Waals surface area (Å²) >= 11 is 11.8. The van der Waals surface area contributed by atoms with Crippen LogP contribution in [0, 0.1) is 0 Å². The van der Waals surface area contributed by atoms with Crippen LogP contribution < -0.4 is 15.4 Å². The van der Waals surface area contributed by atoms with Crippen LogP contribution in [0.25, 0.3) is 0 Å². The predicted octanol–water partition coefficient (Wildman–Crippen LogP) is 3.97. The Morgan fingerprint density at radius 2 is 1.57 bits per heavy atom. The van der Waals surface area contributed by atoms with Gasteiger partial charge in [0.05, 0.1) is 28.0 Å². The molecule has 0 bridgehead atoms. The molecule has 0 saturated heterocycles. The quantitative estimate of drug-likeness (QED) is 0.818. The van der Waals surface area contributed by atoms with E-state index in [0.717, 1.165) is 0 Å². The van der Waals surface area contributed by atoms with Crippen molar-refractivity contribution < 1.29 is 14.3 Å². The molecule has 0 radical (unpaired) electrons. The molecule has 0 saturated carbocycles. The highest BCUT2D eigenvalue weighted by Crippen LogP contribution is 2.29. The fourth-order valence-corrected chi connectivity index (χ4v) is 2.16. The van der Waals surface area contributed by atoms with Crippen molar-refractivity contribution in [1.82, 2.24) is 0 Å². The van der Waals surface area contributed by atoms with Gasteiger partial charge in [0, 0.05) is 0 Å². The van der Waals surface area contributed by atoms with E-state index in [1.165, 1.54) is 0 Å². The molecule has 120 valence electrons. The Balaban J connectivity index is 2.09. The Hall–Kier alpha value is -2.24. The summed E-state index contributed by atoms with van der Waals surface area (Å²) in [4.78, 5) is 24.0. The summed E-state index contributed by atoms with van der Waals surface area (Å²) in [6, 6.07) is 11.6. The Morgan fingerprint density at radius 3 is 2.26 bits per heavy atom. The molecule has 23 heavy (non-hydrogen) atoms. The lowest BCUT2D eigenvalue weighted by Crippen LogP contribution is -2.29. The molecule has 2 N–H and O–H groups in total. The summed E-state index contributed by atoms with van der Waals surface area (Å²) in [6.45, 7) is 2.27. The maximum atomic E-state index is 12.0. The number of carbonyl (C=O) groups excluding carboxylic acids is 2. The molecule has 0 heterocycles. The first-order valence-corrected chi connectivity index (χ1v) is 7.56. The van der Waals surface area contributed by atoms with Gasteiger partial charge in [0.15, 0.2) is 0 Å². The van der Waals surface area contributed by atoms with Gasteiger partial charge in [-0.05, 0) is 31.2 Å². The molecule has 0 aromatic heterocycles. The van der Waals surface area contributed by atoms with Crippen molar-refractivity contribution in [2.75, 3.05) is 17.2 Å². The average Bonchev–Trinajstić information content (AvgIpc) is 2.54. The summed E-state index contributed by atoms with van der Waals surface area (Å²) in [5.41, 5.74) is 0.670. The predicted molar refractivity (Wildman–Crippen MR) is 91.3 cm³/mol. The number of carbonyl (C=O) groups is 2. The third-order valence-corrected chi connectivity index (χ3v) is 3.66. The summed E-state index contributed by atoms with van der Waals surface area (Å²) in [7, 11) is 0. The second-order valence-corrected chi connectivity index (χ2v) is 5.22. The molecule has 0 aliphatic carbocycles. The minimum absolute atomic E-state index is 0.171. The Kier molecular flexibility index (Phi) is 5.84. The van der Waals surface area contributed by atoms with Gasteiger partial charge in [-0.2, -0.15) is 0 Å². The van der Waals surface area contributed by atoms with Gasteiger partial charge in [0.2, 0.25) is 0 Å². The minimum Gasteiger partial charge on any atom is -0.492 e. The number of rotatable bonds is 4. The largest absolute Gasteiger partial charge is 0.492 e. The van der Waals surface area contributed by atoms with E-state index in [0.29, 0.717) is 18.0 Å². The molecule has 2 amide bonds. The summed E-state index contributed by atoms with van der Waals surface area (Å²) in [5.74, 6) is -1.22. The van der Waals surface area contributed by atoms with Crippen molar-refractivity contribution in [3.8, 4) is 5.75 Å². The van der Waals surface area contributed by atoms with Gasteiger partial charge < -0.3 is 15.4 Å². The molecule has 0 atom stereocenters. The second kappa shape index (κ2) is 7.85. The van der Waals surface area contributed by atoms with Gasteiger partial charge in [-0.15, -0.1) is 0 Å². The average molecular weight is 353 g/mol. The monoisotopic (exact) mass is 352 g/mol. The third-order valence-electron chi connectivity index (χ3n) is 2.84. The first-order chi connectivity index (χ1) is 11.0. The number of nitrogens with one attached hydrogen (secondary N) is 2. The van der Waals surface area contributed by atoms with Crippen LogP contribution in [0.1, 0.15) is 6.92 Å². The Bertz CT molecular complexity index is 735. The zero-order valence-corrected chi connectivity index (χ0v) is 13.7.